The minimum atomic E-state index is -0.439. The number of benzene rings is 1. The fraction of sp³-hybridized carbons (Fsp3) is 0.600. The second kappa shape index (κ2) is 6.04. The molecule has 2 fully saturated rings. The molecule has 136 valence electrons. The summed E-state index contributed by atoms with van der Waals surface area (Å²) in [6.07, 6.45) is 3.17. The van der Waals surface area contributed by atoms with E-state index in [-0.39, 0.29) is 22.9 Å². The van der Waals surface area contributed by atoms with Crippen LogP contribution in [0.4, 0.5) is 0 Å². The van der Waals surface area contributed by atoms with Crippen molar-refractivity contribution in [1.82, 2.24) is 0 Å². The molecule has 2 aliphatic carbocycles. The van der Waals surface area contributed by atoms with Crippen LogP contribution in [0.3, 0.4) is 0 Å². The normalized spacial score (nSPS) is 29.3. The molecule has 2 saturated carbocycles. The van der Waals surface area contributed by atoms with Crippen LogP contribution in [0.1, 0.15) is 57.3 Å². The van der Waals surface area contributed by atoms with Crippen LogP contribution in [0.2, 0.25) is 0 Å². The van der Waals surface area contributed by atoms with Crippen LogP contribution in [-0.2, 0) is 9.53 Å². The Hall–Kier alpha value is -2.04. The molecule has 1 aromatic rings. The van der Waals surface area contributed by atoms with Crippen molar-refractivity contribution in [2.45, 2.75) is 53.1 Å². The van der Waals surface area contributed by atoms with Gasteiger partial charge in [0.05, 0.1) is 12.7 Å². The first-order chi connectivity index (χ1) is 11.7. The third kappa shape index (κ3) is 2.79. The van der Waals surface area contributed by atoms with E-state index in [0.717, 1.165) is 12.8 Å². The first-order valence-corrected chi connectivity index (χ1v) is 8.76. The number of hydrogen-bond acceptors (Lipinski definition) is 5. The molecule has 0 aliphatic heterocycles. The van der Waals surface area contributed by atoms with Crippen LogP contribution >= 0.6 is 0 Å². The second-order valence-electron chi connectivity index (χ2n) is 7.96. The summed E-state index contributed by atoms with van der Waals surface area (Å²) in [4.78, 5) is 23.8. The SMILES string of the molecule is COc1cc(C(=O)O[C@H]2C[C@@H]3CC[C@@]2(C)C3(C)C)ccc1OC(C)=O. The summed E-state index contributed by atoms with van der Waals surface area (Å²) in [5.41, 5.74) is 0.612. The summed E-state index contributed by atoms with van der Waals surface area (Å²) in [5, 5.41) is 0. The van der Waals surface area contributed by atoms with Gasteiger partial charge in [0.15, 0.2) is 11.5 Å². The van der Waals surface area contributed by atoms with Crippen molar-refractivity contribution in [1.29, 1.82) is 0 Å². The number of rotatable bonds is 4. The Labute approximate surface area is 148 Å². The lowest BCUT2D eigenvalue weighted by atomic mass is 9.70. The fourth-order valence-corrected chi connectivity index (χ4v) is 4.54. The molecule has 0 N–H and O–H groups in total. The molecule has 2 bridgehead atoms. The molecule has 0 aromatic heterocycles. The van der Waals surface area contributed by atoms with Gasteiger partial charge in [0.25, 0.3) is 0 Å². The minimum Gasteiger partial charge on any atom is -0.493 e. The van der Waals surface area contributed by atoms with Gasteiger partial charge in [-0.05, 0) is 48.8 Å². The standard InChI is InChI=1S/C20H26O5/c1-12(21)24-15-7-6-13(10-16(15)23-5)18(22)25-17-11-14-8-9-20(17,4)19(14,2)3/h6-7,10,14,17H,8-9,11H2,1-5H3/t14-,17-,20+/m0/s1. The number of esters is 2. The first kappa shape index (κ1) is 17.8. The van der Waals surface area contributed by atoms with E-state index in [0.29, 0.717) is 23.0 Å². The lowest BCUT2D eigenvalue weighted by Crippen LogP contribution is -2.38. The molecule has 25 heavy (non-hydrogen) atoms. The van der Waals surface area contributed by atoms with Gasteiger partial charge in [-0.1, -0.05) is 20.8 Å². The van der Waals surface area contributed by atoms with E-state index in [1.54, 1.807) is 18.2 Å². The third-order valence-corrected chi connectivity index (χ3v) is 6.62. The predicted molar refractivity (Wildman–Crippen MR) is 92.7 cm³/mol. The average Bonchev–Trinajstić information content (AvgIpc) is 2.88. The van der Waals surface area contributed by atoms with Gasteiger partial charge in [-0.25, -0.2) is 4.79 Å². The molecular formula is C20H26O5. The van der Waals surface area contributed by atoms with Crippen molar-refractivity contribution in [3.8, 4) is 11.5 Å². The summed E-state index contributed by atoms with van der Waals surface area (Å²) in [6, 6.07) is 4.72. The number of carbonyl (C=O) groups excluding carboxylic acids is 2. The molecule has 3 rings (SSSR count). The van der Waals surface area contributed by atoms with E-state index in [2.05, 4.69) is 20.8 Å². The summed E-state index contributed by atoms with van der Waals surface area (Å²) in [6.45, 7) is 8.13. The number of ether oxygens (including phenoxy) is 3. The molecule has 0 saturated heterocycles. The zero-order valence-electron chi connectivity index (χ0n) is 15.5. The van der Waals surface area contributed by atoms with Crippen LogP contribution in [-0.4, -0.2) is 25.2 Å². The van der Waals surface area contributed by atoms with Crippen LogP contribution in [0.25, 0.3) is 0 Å². The highest BCUT2D eigenvalue weighted by Gasteiger charge is 2.62. The van der Waals surface area contributed by atoms with E-state index in [4.69, 9.17) is 14.2 Å². The molecular weight excluding hydrogens is 320 g/mol. The summed E-state index contributed by atoms with van der Waals surface area (Å²) >= 11 is 0. The van der Waals surface area contributed by atoms with Crippen LogP contribution in [0, 0.1) is 16.7 Å². The van der Waals surface area contributed by atoms with Crippen LogP contribution in [0.15, 0.2) is 18.2 Å². The highest BCUT2D eigenvalue weighted by molar-refractivity contribution is 5.90. The first-order valence-electron chi connectivity index (χ1n) is 8.76. The fourth-order valence-electron chi connectivity index (χ4n) is 4.54. The molecule has 2 aliphatic rings. The zero-order chi connectivity index (χ0) is 18.4. The molecule has 0 radical (unpaired) electrons. The molecule has 3 atom stereocenters. The Morgan fingerprint density at radius 1 is 1.16 bits per heavy atom. The third-order valence-electron chi connectivity index (χ3n) is 6.62. The monoisotopic (exact) mass is 346 g/mol. The van der Waals surface area contributed by atoms with Gasteiger partial charge in [-0.15, -0.1) is 0 Å². The van der Waals surface area contributed by atoms with E-state index in [1.807, 2.05) is 0 Å². The molecule has 1 aromatic carbocycles. The maximum absolute atomic E-state index is 12.6. The van der Waals surface area contributed by atoms with Crippen molar-refractivity contribution in [3.05, 3.63) is 23.8 Å². The number of methoxy groups -OCH3 is 1. The molecule has 0 heterocycles. The highest BCUT2D eigenvalue weighted by atomic mass is 16.6. The van der Waals surface area contributed by atoms with Crippen molar-refractivity contribution < 1.29 is 23.8 Å². The largest absolute Gasteiger partial charge is 0.493 e. The smallest absolute Gasteiger partial charge is 0.338 e. The van der Waals surface area contributed by atoms with Gasteiger partial charge in [-0.3, -0.25) is 4.79 Å². The minimum absolute atomic E-state index is 0.0229. The predicted octanol–water partition coefficient (Wildman–Crippen LogP) is 3.99. The van der Waals surface area contributed by atoms with Gasteiger partial charge < -0.3 is 14.2 Å². The number of carbonyl (C=O) groups is 2. The molecule has 0 unspecified atom stereocenters. The molecule has 0 spiro atoms. The van der Waals surface area contributed by atoms with Crippen molar-refractivity contribution >= 4 is 11.9 Å². The second-order valence-corrected chi connectivity index (χ2v) is 7.96. The quantitative estimate of drug-likeness (QED) is 0.609. The highest BCUT2D eigenvalue weighted by Crippen LogP contribution is 2.66. The van der Waals surface area contributed by atoms with Gasteiger partial charge in [0.2, 0.25) is 0 Å². The number of fused-ring (bicyclic) bond motifs is 2. The van der Waals surface area contributed by atoms with Gasteiger partial charge >= 0.3 is 11.9 Å². The van der Waals surface area contributed by atoms with E-state index >= 15 is 0 Å². The Morgan fingerprint density at radius 3 is 2.40 bits per heavy atom. The molecule has 0 amide bonds. The lowest BCUT2D eigenvalue weighted by Gasteiger charge is -2.38. The summed E-state index contributed by atoms with van der Waals surface area (Å²) in [5.74, 6) is 0.438. The average molecular weight is 346 g/mol. The molecule has 5 heteroatoms. The van der Waals surface area contributed by atoms with Crippen LogP contribution < -0.4 is 9.47 Å². The van der Waals surface area contributed by atoms with Gasteiger partial charge in [0, 0.05) is 12.3 Å². The molecule has 5 nitrogen and oxygen atoms in total. The topological polar surface area (TPSA) is 61.8 Å². The van der Waals surface area contributed by atoms with Crippen LogP contribution in [0.5, 0.6) is 11.5 Å². The lowest BCUT2D eigenvalue weighted by molar-refractivity contribution is -0.132. The maximum Gasteiger partial charge on any atom is 0.338 e. The Balaban J connectivity index is 1.77. The summed E-state index contributed by atoms with van der Waals surface area (Å²) in [7, 11) is 1.47. The van der Waals surface area contributed by atoms with Crippen molar-refractivity contribution in [2.75, 3.05) is 7.11 Å². The van der Waals surface area contributed by atoms with E-state index < -0.39 is 5.97 Å². The Morgan fingerprint density at radius 2 is 1.88 bits per heavy atom. The Bertz CT molecular complexity index is 708. The van der Waals surface area contributed by atoms with Crippen molar-refractivity contribution in [3.63, 3.8) is 0 Å². The van der Waals surface area contributed by atoms with Gasteiger partial charge in [0.1, 0.15) is 6.10 Å². The van der Waals surface area contributed by atoms with E-state index in [9.17, 15) is 9.59 Å². The van der Waals surface area contributed by atoms with Crippen molar-refractivity contribution in [2.24, 2.45) is 16.7 Å². The maximum atomic E-state index is 12.6. The number of hydrogen-bond donors (Lipinski definition) is 0. The Kier molecular flexibility index (Phi) is 4.30. The van der Waals surface area contributed by atoms with Gasteiger partial charge in [-0.2, -0.15) is 0 Å². The zero-order valence-corrected chi connectivity index (χ0v) is 15.5. The summed E-state index contributed by atoms with van der Waals surface area (Å²) < 4.78 is 16.2. The van der Waals surface area contributed by atoms with E-state index in [1.165, 1.54) is 20.5 Å².